The molecule has 150 valence electrons. The normalized spacial score (nSPS) is 13.2. The zero-order valence-electron chi connectivity index (χ0n) is 15.2. The van der Waals surface area contributed by atoms with Gasteiger partial charge in [-0.15, -0.1) is 0 Å². The quantitative estimate of drug-likeness (QED) is 0.457. The van der Waals surface area contributed by atoms with Gasteiger partial charge >= 0.3 is 0 Å². The van der Waals surface area contributed by atoms with Crippen molar-refractivity contribution in [2.45, 2.75) is 17.5 Å². The van der Waals surface area contributed by atoms with Crippen LogP contribution in [0.25, 0.3) is 21.8 Å². The molecule has 0 aliphatic rings. The summed E-state index contributed by atoms with van der Waals surface area (Å²) in [6.45, 7) is 0.0531. The van der Waals surface area contributed by atoms with Gasteiger partial charge in [-0.3, -0.25) is 0 Å². The summed E-state index contributed by atoms with van der Waals surface area (Å²) in [6.07, 6.45) is -0.953. The van der Waals surface area contributed by atoms with Crippen LogP contribution < -0.4 is 4.72 Å². The second-order valence-corrected chi connectivity index (χ2v) is 9.39. The summed E-state index contributed by atoms with van der Waals surface area (Å²) in [4.78, 5) is 0.155. The molecule has 29 heavy (non-hydrogen) atoms. The minimum Gasteiger partial charge on any atom is -0.390 e. The third-order valence-corrected chi connectivity index (χ3v) is 6.66. The lowest BCUT2D eigenvalue weighted by Gasteiger charge is -2.15. The number of nitrogens with one attached hydrogen (secondary N) is 1. The Bertz CT molecular complexity index is 1230. The van der Waals surface area contributed by atoms with Crippen LogP contribution in [0.15, 0.2) is 71.6 Å². The van der Waals surface area contributed by atoms with Gasteiger partial charge in [0, 0.05) is 27.4 Å². The van der Waals surface area contributed by atoms with Crippen LogP contribution in [-0.2, 0) is 16.6 Å². The Morgan fingerprint density at radius 3 is 2.00 bits per heavy atom. The fourth-order valence-electron chi connectivity index (χ4n) is 3.40. The molecule has 0 amide bonds. The number of hydrogen-bond acceptors (Lipinski definition) is 3. The molecule has 0 aliphatic carbocycles. The van der Waals surface area contributed by atoms with E-state index in [1.54, 1.807) is 18.2 Å². The van der Waals surface area contributed by atoms with Gasteiger partial charge in [-0.2, -0.15) is 0 Å². The average molecular weight is 449 g/mol. The molecule has 3 aromatic carbocycles. The van der Waals surface area contributed by atoms with Crippen LogP contribution in [0.5, 0.6) is 0 Å². The first-order valence-corrected chi connectivity index (χ1v) is 11.2. The zero-order valence-corrected chi connectivity index (χ0v) is 17.5. The predicted octanol–water partition coefficient (Wildman–Crippen LogP) is 4.44. The first-order chi connectivity index (χ1) is 13.8. The summed E-state index contributed by atoms with van der Waals surface area (Å²) in [5.74, 6) is 0. The molecule has 0 fully saturated rings. The van der Waals surface area contributed by atoms with Gasteiger partial charge in [0.2, 0.25) is 10.0 Å². The van der Waals surface area contributed by atoms with Gasteiger partial charge in [0.15, 0.2) is 0 Å². The molecular formula is C21H18Cl2N2O3S. The Morgan fingerprint density at radius 1 is 0.897 bits per heavy atom. The fourth-order valence-corrected chi connectivity index (χ4v) is 4.83. The van der Waals surface area contributed by atoms with Gasteiger partial charge in [0.1, 0.15) is 0 Å². The molecule has 0 saturated carbocycles. The molecule has 1 unspecified atom stereocenters. The van der Waals surface area contributed by atoms with Crippen LogP contribution in [0.3, 0.4) is 0 Å². The molecule has 0 radical (unpaired) electrons. The van der Waals surface area contributed by atoms with E-state index in [2.05, 4.69) is 4.72 Å². The van der Waals surface area contributed by atoms with E-state index in [1.807, 2.05) is 41.0 Å². The van der Waals surface area contributed by atoms with Crippen molar-refractivity contribution in [2.75, 3.05) is 6.54 Å². The summed E-state index contributed by atoms with van der Waals surface area (Å²) in [5, 5.41) is 13.7. The third kappa shape index (κ3) is 4.13. The van der Waals surface area contributed by atoms with Crippen molar-refractivity contribution in [3.63, 3.8) is 0 Å². The van der Waals surface area contributed by atoms with Gasteiger partial charge in [0.25, 0.3) is 0 Å². The molecule has 1 atom stereocenters. The minimum absolute atomic E-state index is 0.125. The molecule has 1 aromatic heterocycles. The van der Waals surface area contributed by atoms with E-state index >= 15 is 0 Å². The number of rotatable bonds is 6. The maximum atomic E-state index is 12.4. The Hall–Kier alpha value is -2.09. The molecular weight excluding hydrogens is 431 g/mol. The number of aliphatic hydroxyl groups is 1. The highest BCUT2D eigenvalue weighted by Gasteiger charge is 2.18. The van der Waals surface area contributed by atoms with Crippen molar-refractivity contribution in [3.8, 4) is 0 Å². The lowest BCUT2D eigenvalue weighted by Crippen LogP contribution is -2.34. The number of aromatic nitrogens is 1. The van der Waals surface area contributed by atoms with Crippen molar-refractivity contribution in [3.05, 3.63) is 76.8 Å². The van der Waals surface area contributed by atoms with Crippen molar-refractivity contribution in [1.29, 1.82) is 0 Å². The topological polar surface area (TPSA) is 71.3 Å². The predicted molar refractivity (Wildman–Crippen MR) is 117 cm³/mol. The summed E-state index contributed by atoms with van der Waals surface area (Å²) in [7, 11) is -3.69. The Kier molecular flexibility index (Phi) is 5.55. The van der Waals surface area contributed by atoms with Crippen molar-refractivity contribution < 1.29 is 13.5 Å². The SMILES string of the molecule is O=S(=O)(NCC(O)Cn1c2cc(Cl)ccc2c2ccc(Cl)cc21)c1ccccc1. The van der Waals surface area contributed by atoms with E-state index in [9.17, 15) is 13.5 Å². The standard InChI is InChI=1S/C21H18Cl2N2O3S/c22-14-6-8-18-19-9-7-15(23)11-21(19)25(20(18)10-14)13-16(26)12-24-29(27,28)17-4-2-1-3-5-17/h1-11,16,24,26H,12-13H2. The molecule has 1 heterocycles. The van der Waals surface area contributed by atoms with Gasteiger partial charge in [-0.25, -0.2) is 13.1 Å². The van der Waals surface area contributed by atoms with Gasteiger partial charge in [0.05, 0.1) is 28.6 Å². The van der Waals surface area contributed by atoms with Gasteiger partial charge in [-0.1, -0.05) is 53.5 Å². The number of aliphatic hydroxyl groups excluding tert-OH is 1. The minimum atomic E-state index is -3.69. The molecule has 0 aliphatic heterocycles. The van der Waals surface area contributed by atoms with Gasteiger partial charge in [-0.05, 0) is 36.4 Å². The lowest BCUT2D eigenvalue weighted by atomic mass is 10.1. The maximum Gasteiger partial charge on any atom is 0.240 e. The highest BCUT2D eigenvalue weighted by Crippen LogP contribution is 2.32. The van der Waals surface area contributed by atoms with Gasteiger partial charge < -0.3 is 9.67 Å². The molecule has 0 spiro atoms. The van der Waals surface area contributed by atoms with Crippen LogP contribution in [0.1, 0.15) is 0 Å². The summed E-state index contributed by atoms with van der Waals surface area (Å²) in [6, 6.07) is 19.2. The largest absolute Gasteiger partial charge is 0.390 e. The number of benzene rings is 3. The van der Waals surface area contributed by atoms with Crippen LogP contribution in [0.4, 0.5) is 0 Å². The number of halogens is 2. The highest BCUT2D eigenvalue weighted by atomic mass is 35.5. The van der Waals surface area contributed by atoms with E-state index in [0.29, 0.717) is 10.0 Å². The lowest BCUT2D eigenvalue weighted by molar-refractivity contribution is 0.161. The highest BCUT2D eigenvalue weighted by molar-refractivity contribution is 7.89. The van der Waals surface area contributed by atoms with Crippen LogP contribution in [-0.4, -0.2) is 30.7 Å². The van der Waals surface area contributed by atoms with Crippen LogP contribution >= 0.6 is 23.2 Å². The van der Waals surface area contributed by atoms with E-state index in [4.69, 9.17) is 23.2 Å². The Morgan fingerprint density at radius 2 is 1.45 bits per heavy atom. The van der Waals surface area contributed by atoms with Crippen molar-refractivity contribution in [2.24, 2.45) is 0 Å². The number of fused-ring (bicyclic) bond motifs is 3. The molecule has 5 nitrogen and oxygen atoms in total. The number of hydrogen-bond donors (Lipinski definition) is 2. The molecule has 0 bridgehead atoms. The smallest absolute Gasteiger partial charge is 0.240 e. The van der Waals surface area contributed by atoms with Crippen LogP contribution in [0, 0.1) is 0 Å². The molecule has 2 N–H and O–H groups in total. The summed E-state index contributed by atoms with van der Waals surface area (Å²) in [5.41, 5.74) is 1.69. The van der Waals surface area contributed by atoms with E-state index in [0.717, 1.165) is 21.8 Å². The first kappa shape index (κ1) is 20.2. The van der Waals surface area contributed by atoms with E-state index in [-0.39, 0.29) is 18.0 Å². The van der Waals surface area contributed by atoms with E-state index in [1.165, 1.54) is 12.1 Å². The number of nitrogens with zero attached hydrogens (tertiary/aromatic N) is 1. The average Bonchev–Trinajstić information content (AvgIpc) is 2.99. The molecule has 0 saturated heterocycles. The molecule has 8 heteroatoms. The second kappa shape index (κ2) is 7.97. The van der Waals surface area contributed by atoms with Crippen LogP contribution in [0.2, 0.25) is 10.0 Å². The van der Waals surface area contributed by atoms with Crippen molar-refractivity contribution in [1.82, 2.24) is 9.29 Å². The number of sulfonamides is 1. The molecule has 4 aromatic rings. The second-order valence-electron chi connectivity index (χ2n) is 6.75. The van der Waals surface area contributed by atoms with Crippen molar-refractivity contribution >= 4 is 55.0 Å². The molecule has 4 rings (SSSR count). The fraction of sp³-hybridized carbons (Fsp3) is 0.143. The summed E-state index contributed by atoms with van der Waals surface area (Å²) >= 11 is 12.4. The van der Waals surface area contributed by atoms with E-state index < -0.39 is 16.1 Å². The first-order valence-electron chi connectivity index (χ1n) is 8.95. The Balaban J connectivity index is 1.63. The monoisotopic (exact) mass is 448 g/mol. The zero-order chi connectivity index (χ0) is 20.6. The maximum absolute atomic E-state index is 12.4. The summed E-state index contributed by atoms with van der Waals surface area (Å²) < 4.78 is 29.1. The Labute approximate surface area is 178 Å². The third-order valence-electron chi connectivity index (χ3n) is 4.75.